The fourth-order valence-corrected chi connectivity index (χ4v) is 2.47. The third kappa shape index (κ3) is 3.45. The van der Waals surface area contributed by atoms with E-state index < -0.39 is 11.9 Å². The molecule has 2 rings (SSSR count). The molecule has 8 heteroatoms. The third-order valence-corrected chi connectivity index (χ3v) is 3.81. The Bertz CT molecular complexity index is 757. The van der Waals surface area contributed by atoms with Gasteiger partial charge >= 0.3 is 5.97 Å². The number of carboxylic acid groups (broad SMARTS) is 1. The van der Waals surface area contributed by atoms with Gasteiger partial charge in [0.15, 0.2) is 0 Å². The number of aryl methyl sites for hydroxylation is 1. The highest BCUT2D eigenvalue weighted by molar-refractivity contribution is 6.36. The van der Waals surface area contributed by atoms with E-state index in [1.165, 1.54) is 19.2 Å². The van der Waals surface area contributed by atoms with Gasteiger partial charge in [-0.3, -0.25) is 9.48 Å². The fraction of sp³-hybridized carbons (Fsp3) is 0.267. The van der Waals surface area contributed by atoms with Gasteiger partial charge in [-0.05, 0) is 25.1 Å². The van der Waals surface area contributed by atoms with Crippen LogP contribution in [0.25, 0.3) is 0 Å². The van der Waals surface area contributed by atoms with Crippen LogP contribution in [0.1, 0.15) is 39.4 Å². The molecule has 0 bridgehead atoms. The molecule has 2 N–H and O–H groups in total. The number of carboxylic acids is 1. The first-order valence-electron chi connectivity index (χ1n) is 6.74. The zero-order valence-electron chi connectivity index (χ0n) is 12.8. The van der Waals surface area contributed by atoms with Gasteiger partial charge in [0, 0.05) is 13.2 Å². The summed E-state index contributed by atoms with van der Waals surface area (Å²) in [5.74, 6) is -1.49. The lowest BCUT2D eigenvalue weighted by Crippen LogP contribution is -2.28. The van der Waals surface area contributed by atoms with E-state index in [0.717, 1.165) is 5.69 Å². The first-order valence-corrected chi connectivity index (χ1v) is 7.12. The van der Waals surface area contributed by atoms with Gasteiger partial charge in [0.05, 0.1) is 35.0 Å². The Morgan fingerprint density at radius 3 is 2.57 bits per heavy atom. The summed E-state index contributed by atoms with van der Waals surface area (Å²) in [4.78, 5) is 23.7. The third-order valence-electron chi connectivity index (χ3n) is 3.41. The van der Waals surface area contributed by atoms with Crippen LogP contribution in [0.2, 0.25) is 5.02 Å². The Hall–Kier alpha value is -2.54. The predicted octanol–water partition coefficient (Wildman–Crippen LogP) is 2.27. The monoisotopic (exact) mass is 337 g/mol. The minimum atomic E-state index is -1.23. The maximum atomic E-state index is 12.5. The van der Waals surface area contributed by atoms with Gasteiger partial charge in [0.25, 0.3) is 5.91 Å². The number of methoxy groups -OCH3 is 1. The van der Waals surface area contributed by atoms with E-state index in [0.29, 0.717) is 0 Å². The molecule has 7 nitrogen and oxygen atoms in total. The summed E-state index contributed by atoms with van der Waals surface area (Å²) in [5, 5.41) is 15.9. The minimum Gasteiger partial charge on any atom is -0.497 e. The molecule has 1 aromatic heterocycles. The van der Waals surface area contributed by atoms with Crippen molar-refractivity contribution in [3.8, 4) is 5.75 Å². The molecule has 122 valence electrons. The van der Waals surface area contributed by atoms with Crippen LogP contribution in [0.15, 0.2) is 24.4 Å². The summed E-state index contributed by atoms with van der Waals surface area (Å²) in [7, 11) is 3.15. The summed E-state index contributed by atoms with van der Waals surface area (Å²) >= 11 is 6.05. The number of aromatic carboxylic acids is 1. The van der Waals surface area contributed by atoms with Crippen LogP contribution in [0.5, 0.6) is 5.75 Å². The summed E-state index contributed by atoms with van der Waals surface area (Å²) in [6.07, 6.45) is 1.62. The highest BCUT2D eigenvalue weighted by Gasteiger charge is 2.21. The molecule has 0 aliphatic heterocycles. The maximum absolute atomic E-state index is 12.5. The number of nitrogens with one attached hydrogen (secondary N) is 1. The Labute approximate surface area is 137 Å². The number of rotatable bonds is 5. The summed E-state index contributed by atoms with van der Waals surface area (Å²) < 4.78 is 6.67. The lowest BCUT2D eigenvalue weighted by molar-refractivity contribution is 0.0696. The molecule has 0 fully saturated rings. The quantitative estimate of drug-likeness (QED) is 0.873. The molecule has 0 aliphatic carbocycles. The van der Waals surface area contributed by atoms with Crippen LogP contribution in [0.4, 0.5) is 0 Å². The molecule has 1 unspecified atom stereocenters. The van der Waals surface area contributed by atoms with Crippen molar-refractivity contribution in [2.24, 2.45) is 7.05 Å². The zero-order valence-corrected chi connectivity index (χ0v) is 13.6. The van der Waals surface area contributed by atoms with Gasteiger partial charge in [0.2, 0.25) is 0 Å². The number of amides is 1. The number of benzene rings is 1. The lowest BCUT2D eigenvalue weighted by atomic mass is 10.1. The van der Waals surface area contributed by atoms with Gasteiger partial charge in [-0.15, -0.1) is 0 Å². The largest absolute Gasteiger partial charge is 0.497 e. The summed E-state index contributed by atoms with van der Waals surface area (Å²) in [5.41, 5.74) is 0.651. The van der Waals surface area contributed by atoms with Gasteiger partial charge < -0.3 is 15.2 Å². The molecular formula is C15H16ClN3O4. The Morgan fingerprint density at radius 2 is 2.04 bits per heavy atom. The highest BCUT2D eigenvalue weighted by atomic mass is 35.5. The van der Waals surface area contributed by atoms with Crippen molar-refractivity contribution in [3.63, 3.8) is 0 Å². The standard InChI is InChI=1S/C15H16ClN3O4/c1-8(12-4-5-17-19(12)2)18-14(20)10-6-9(23-3)7-11(13(10)16)15(21)22/h4-8H,1-3H3,(H,18,20)(H,21,22). The smallest absolute Gasteiger partial charge is 0.337 e. The van der Waals surface area contributed by atoms with Crippen molar-refractivity contribution < 1.29 is 19.4 Å². The van der Waals surface area contributed by atoms with Crippen LogP contribution in [-0.4, -0.2) is 33.9 Å². The SMILES string of the molecule is COc1cc(C(=O)O)c(Cl)c(C(=O)NC(C)c2ccnn2C)c1. The molecular weight excluding hydrogens is 322 g/mol. The molecule has 0 saturated carbocycles. The topological polar surface area (TPSA) is 93.4 Å². The van der Waals surface area contributed by atoms with Crippen LogP contribution in [0.3, 0.4) is 0 Å². The first kappa shape index (κ1) is 16.8. The average Bonchev–Trinajstić information content (AvgIpc) is 2.93. The maximum Gasteiger partial charge on any atom is 0.337 e. The minimum absolute atomic E-state index is 0.0393. The lowest BCUT2D eigenvalue weighted by Gasteiger charge is -2.16. The highest BCUT2D eigenvalue weighted by Crippen LogP contribution is 2.28. The Morgan fingerprint density at radius 1 is 1.39 bits per heavy atom. The molecule has 0 saturated heterocycles. The van der Waals surface area contributed by atoms with E-state index in [9.17, 15) is 14.7 Å². The van der Waals surface area contributed by atoms with Crippen LogP contribution < -0.4 is 10.1 Å². The van der Waals surface area contributed by atoms with E-state index in [4.69, 9.17) is 16.3 Å². The van der Waals surface area contributed by atoms with Crippen molar-refractivity contribution in [3.05, 3.63) is 46.2 Å². The fourth-order valence-electron chi connectivity index (χ4n) is 2.19. The molecule has 1 atom stereocenters. The van der Waals surface area contributed by atoms with Gasteiger partial charge in [0.1, 0.15) is 5.75 Å². The van der Waals surface area contributed by atoms with Crippen LogP contribution in [0, 0.1) is 0 Å². The van der Waals surface area contributed by atoms with Crippen molar-refractivity contribution in [2.45, 2.75) is 13.0 Å². The molecule has 0 radical (unpaired) electrons. The molecule has 1 heterocycles. The van der Waals surface area contributed by atoms with E-state index in [-0.39, 0.29) is 27.9 Å². The normalized spacial score (nSPS) is 11.8. The second kappa shape index (κ2) is 6.70. The first-order chi connectivity index (χ1) is 10.8. The molecule has 1 aromatic carbocycles. The van der Waals surface area contributed by atoms with Crippen molar-refractivity contribution in [2.75, 3.05) is 7.11 Å². The second-order valence-electron chi connectivity index (χ2n) is 4.92. The van der Waals surface area contributed by atoms with E-state index in [1.807, 2.05) is 0 Å². The van der Waals surface area contributed by atoms with E-state index >= 15 is 0 Å². The van der Waals surface area contributed by atoms with Gasteiger partial charge in [-0.25, -0.2) is 4.79 Å². The zero-order chi connectivity index (χ0) is 17.1. The van der Waals surface area contributed by atoms with Gasteiger partial charge in [-0.1, -0.05) is 11.6 Å². The van der Waals surface area contributed by atoms with Crippen molar-refractivity contribution in [1.82, 2.24) is 15.1 Å². The number of aromatic nitrogens is 2. The van der Waals surface area contributed by atoms with Crippen molar-refractivity contribution >= 4 is 23.5 Å². The molecule has 1 amide bonds. The number of carbonyl (C=O) groups is 2. The predicted molar refractivity (Wildman–Crippen MR) is 84.1 cm³/mol. The Kier molecular flexibility index (Phi) is 4.90. The summed E-state index contributed by atoms with van der Waals surface area (Å²) in [6, 6.07) is 4.12. The molecule has 2 aromatic rings. The number of hydrogen-bond donors (Lipinski definition) is 2. The molecule has 0 aliphatic rings. The van der Waals surface area contributed by atoms with E-state index in [1.54, 1.807) is 30.9 Å². The summed E-state index contributed by atoms with van der Waals surface area (Å²) in [6.45, 7) is 1.79. The van der Waals surface area contributed by atoms with Crippen LogP contribution in [-0.2, 0) is 7.05 Å². The second-order valence-corrected chi connectivity index (χ2v) is 5.29. The number of nitrogens with zero attached hydrogens (tertiary/aromatic N) is 2. The van der Waals surface area contributed by atoms with Gasteiger partial charge in [-0.2, -0.15) is 5.10 Å². The van der Waals surface area contributed by atoms with Crippen molar-refractivity contribution in [1.29, 1.82) is 0 Å². The number of carbonyl (C=O) groups excluding carboxylic acids is 1. The van der Waals surface area contributed by atoms with Crippen LogP contribution >= 0.6 is 11.6 Å². The number of halogens is 1. The molecule has 0 spiro atoms. The number of ether oxygens (including phenoxy) is 1. The average molecular weight is 338 g/mol. The van der Waals surface area contributed by atoms with E-state index in [2.05, 4.69) is 10.4 Å². The molecule has 23 heavy (non-hydrogen) atoms. The number of hydrogen-bond acceptors (Lipinski definition) is 4. The Balaban J connectivity index is 2.33.